The highest BCUT2D eigenvalue weighted by Crippen LogP contribution is 2.25. The fourth-order valence-electron chi connectivity index (χ4n) is 1.60. The standard InChI is InChI=1S/C12H13NO2S/c1-15-12(14)13-7-6-9-8-16-11-5-3-2-4-10(9)11/h2-5,8H,6-7H2,1H3,(H,13,14). The number of thiophene rings is 1. The Morgan fingerprint density at radius 2 is 2.25 bits per heavy atom. The van der Waals surface area contributed by atoms with Crippen molar-refractivity contribution >= 4 is 27.5 Å². The number of hydrogen-bond donors (Lipinski definition) is 1. The van der Waals surface area contributed by atoms with E-state index in [1.165, 1.54) is 22.8 Å². The highest BCUT2D eigenvalue weighted by molar-refractivity contribution is 7.17. The molecule has 0 aliphatic heterocycles. The van der Waals surface area contributed by atoms with E-state index in [-0.39, 0.29) is 6.09 Å². The molecule has 2 aromatic rings. The Morgan fingerprint density at radius 3 is 3.06 bits per heavy atom. The van der Waals surface area contributed by atoms with E-state index in [1.807, 2.05) is 12.1 Å². The molecule has 0 fully saturated rings. The maximum absolute atomic E-state index is 10.9. The van der Waals surface area contributed by atoms with E-state index < -0.39 is 0 Å². The van der Waals surface area contributed by atoms with Crippen molar-refractivity contribution in [2.75, 3.05) is 13.7 Å². The highest BCUT2D eigenvalue weighted by atomic mass is 32.1. The van der Waals surface area contributed by atoms with Crippen molar-refractivity contribution in [1.29, 1.82) is 0 Å². The van der Waals surface area contributed by atoms with Crippen molar-refractivity contribution in [3.05, 3.63) is 35.2 Å². The summed E-state index contributed by atoms with van der Waals surface area (Å²) in [5.41, 5.74) is 1.28. The van der Waals surface area contributed by atoms with Crippen LogP contribution in [-0.2, 0) is 11.2 Å². The Kier molecular flexibility index (Phi) is 3.41. The van der Waals surface area contributed by atoms with Gasteiger partial charge in [-0.05, 0) is 28.8 Å². The van der Waals surface area contributed by atoms with Crippen LogP contribution < -0.4 is 5.32 Å². The summed E-state index contributed by atoms with van der Waals surface area (Å²) < 4.78 is 5.80. The van der Waals surface area contributed by atoms with E-state index in [9.17, 15) is 4.79 Å². The van der Waals surface area contributed by atoms with E-state index in [0.717, 1.165) is 6.42 Å². The largest absolute Gasteiger partial charge is 0.453 e. The summed E-state index contributed by atoms with van der Waals surface area (Å²) >= 11 is 1.73. The Balaban J connectivity index is 2.02. The van der Waals surface area contributed by atoms with Crippen LogP contribution in [0.25, 0.3) is 10.1 Å². The second kappa shape index (κ2) is 4.99. The number of benzene rings is 1. The Labute approximate surface area is 98.0 Å². The van der Waals surface area contributed by atoms with Crippen molar-refractivity contribution in [3.63, 3.8) is 0 Å². The minimum absolute atomic E-state index is 0.375. The molecule has 0 saturated heterocycles. The summed E-state index contributed by atoms with van der Waals surface area (Å²) in [7, 11) is 1.37. The number of carbonyl (C=O) groups excluding carboxylic acids is 1. The van der Waals surface area contributed by atoms with Gasteiger partial charge in [0, 0.05) is 11.2 Å². The molecule has 0 unspecified atom stereocenters. The number of amides is 1. The third-order valence-electron chi connectivity index (χ3n) is 2.41. The lowest BCUT2D eigenvalue weighted by molar-refractivity contribution is 0.171. The van der Waals surface area contributed by atoms with Crippen molar-refractivity contribution in [1.82, 2.24) is 5.32 Å². The zero-order chi connectivity index (χ0) is 11.4. The van der Waals surface area contributed by atoms with E-state index in [1.54, 1.807) is 11.3 Å². The minimum Gasteiger partial charge on any atom is -0.453 e. The molecule has 4 heteroatoms. The predicted molar refractivity (Wildman–Crippen MR) is 65.9 cm³/mol. The Bertz CT molecular complexity index is 492. The van der Waals surface area contributed by atoms with Gasteiger partial charge in [0.05, 0.1) is 7.11 Å². The number of carbonyl (C=O) groups is 1. The quantitative estimate of drug-likeness (QED) is 0.888. The molecule has 84 valence electrons. The van der Waals surface area contributed by atoms with Crippen LogP contribution in [0.5, 0.6) is 0 Å². The molecule has 1 heterocycles. The van der Waals surface area contributed by atoms with Gasteiger partial charge in [-0.2, -0.15) is 0 Å². The summed E-state index contributed by atoms with van der Waals surface area (Å²) in [6, 6.07) is 8.29. The molecule has 1 N–H and O–H groups in total. The molecule has 0 bridgehead atoms. The summed E-state index contributed by atoms with van der Waals surface area (Å²) in [5.74, 6) is 0. The van der Waals surface area contributed by atoms with Crippen molar-refractivity contribution in [3.8, 4) is 0 Å². The first-order valence-corrected chi connectivity index (χ1v) is 5.96. The molecule has 0 radical (unpaired) electrons. The fourth-order valence-corrected chi connectivity index (χ4v) is 2.60. The molecule has 1 aromatic carbocycles. The van der Waals surface area contributed by atoms with Gasteiger partial charge in [-0.25, -0.2) is 4.79 Å². The average Bonchev–Trinajstić information content (AvgIpc) is 2.73. The number of alkyl carbamates (subject to hydrolysis) is 1. The van der Waals surface area contributed by atoms with Crippen LogP contribution >= 0.6 is 11.3 Å². The molecular weight excluding hydrogens is 222 g/mol. The number of rotatable bonds is 3. The Hall–Kier alpha value is -1.55. The first-order chi connectivity index (χ1) is 7.81. The van der Waals surface area contributed by atoms with E-state index in [2.05, 4.69) is 27.6 Å². The number of ether oxygens (including phenoxy) is 1. The average molecular weight is 235 g/mol. The van der Waals surface area contributed by atoms with Crippen LogP contribution in [0.2, 0.25) is 0 Å². The summed E-state index contributed by atoms with van der Waals surface area (Å²) in [4.78, 5) is 10.9. The molecule has 0 saturated carbocycles. The summed E-state index contributed by atoms with van der Waals surface area (Å²) in [6.07, 6.45) is 0.457. The molecule has 16 heavy (non-hydrogen) atoms. The molecule has 3 nitrogen and oxygen atoms in total. The highest BCUT2D eigenvalue weighted by Gasteiger charge is 2.03. The van der Waals surface area contributed by atoms with Gasteiger partial charge in [0.2, 0.25) is 0 Å². The topological polar surface area (TPSA) is 38.3 Å². The van der Waals surface area contributed by atoms with Crippen LogP contribution in [-0.4, -0.2) is 19.7 Å². The second-order valence-corrected chi connectivity index (χ2v) is 4.34. The first-order valence-electron chi connectivity index (χ1n) is 5.08. The number of nitrogens with one attached hydrogen (secondary N) is 1. The number of methoxy groups -OCH3 is 1. The normalized spacial score (nSPS) is 10.3. The van der Waals surface area contributed by atoms with E-state index in [4.69, 9.17) is 0 Å². The minimum atomic E-state index is -0.375. The van der Waals surface area contributed by atoms with E-state index in [0.29, 0.717) is 6.54 Å². The smallest absolute Gasteiger partial charge is 0.406 e. The first kappa shape index (κ1) is 11.0. The fraction of sp³-hybridized carbons (Fsp3) is 0.250. The lowest BCUT2D eigenvalue weighted by Crippen LogP contribution is -2.25. The van der Waals surface area contributed by atoms with Gasteiger partial charge in [0.1, 0.15) is 0 Å². The molecule has 1 amide bonds. The monoisotopic (exact) mass is 235 g/mol. The SMILES string of the molecule is COC(=O)NCCc1csc2ccccc12. The summed E-state index contributed by atoms with van der Waals surface area (Å²) in [6.45, 7) is 0.605. The van der Waals surface area contributed by atoms with Crippen LogP contribution in [0.1, 0.15) is 5.56 Å². The predicted octanol–water partition coefficient (Wildman–Crippen LogP) is 2.80. The van der Waals surface area contributed by atoms with Crippen molar-refractivity contribution in [2.24, 2.45) is 0 Å². The molecule has 1 aromatic heterocycles. The molecular formula is C12H13NO2S. The second-order valence-electron chi connectivity index (χ2n) is 3.43. The van der Waals surface area contributed by atoms with Gasteiger partial charge in [0.15, 0.2) is 0 Å². The maximum Gasteiger partial charge on any atom is 0.406 e. The molecule has 0 atom stereocenters. The molecule has 0 aliphatic carbocycles. The van der Waals surface area contributed by atoms with Crippen molar-refractivity contribution < 1.29 is 9.53 Å². The maximum atomic E-state index is 10.9. The molecule has 2 rings (SSSR count). The molecule has 0 aliphatic rings. The zero-order valence-corrected chi connectivity index (χ0v) is 9.84. The zero-order valence-electron chi connectivity index (χ0n) is 9.03. The van der Waals surface area contributed by atoms with Crippen LogP contribution in [0, 0.1) is 0 Å². The van der Waals surface area contributed by atoms with Crippen LogP contribution in [0.4, 0.5) is 4.79 Å². The van der Waals surface area contributed by atoms with Gasteiger partial charge >= 0.3 is 6.09 Å². The van der Waals surface area contributed by atoms with Crippen LogP contribution in [0.3, 0.4) is 0 Å². The van der Waals surface area contributed by atoms with Gasteiger partial charge in [-0.3, -0.25) is 0 Å². The lowest BCUT2D eigenvalue weighted by Gasteiger charge is -2.02. The molecule has 0 spiro atoms. The van der Waals surface area contributed by atoms with Crippen molar-refractivity contribution in [2.45, 2.75) is 6.42 Å². The van der Waals surface area contributed by atoms with Gasteiger partial charge < -0.3 is 10.1 Å². The van der Waals surface area contributed by atoms with Crippen LogP contribution in [0.15, 0.2) is 29.6 Å². The Morgan fingerprint density at radius 1 is 1.44 bits per heavy atom. The lowest BCUT2D eigenvalue weighted by atomic mass is 10.1. The van der Waals surface area contributed by atoms with Gasteiger partial charge in [-0.1, -0.05) is 18.2 Å². The van der Waals surface area contributed by atoms with E-state index >= 15 is 0 Å². The number of fused-ring (bicyclic) bond motifs is 1. The third kappa shape index (κ3) is 2.33. The third-order valence-corrected chi connectivity index (χ3v) is 3.42. The van der Waals surface area contributed by atoms with Gasteiger partial charge in [-0.15, -0.1) is 11.3 Å². The summed E-state index contributed by atoms with van der Waals surface area (Å²) in [5, 5.41) is 6.10. The number of hydrogen-bond acceptors (Lipinski definition) is 3. The van der Waals surface area contributed by atoms with Gasteiger partial charge in [0.25, 0.3) is 0 Å².